The van der Waals surface area contributed by atoms with E-state index in [-0.39, 0.29) is 6.03 Å². The van der Waals surface area contributed by atoms with Gasteiger partial charge in [-0.2, -0.15) is 0 Å². The molecule has 1 saturated heterocycles. The molecule has 7 heteroatoms. The van der Waals surface area contributed by atoms with E-state index in [0.29, 0.717) is 6.54 Å². The third-order valence-electron chi connectivity index (χ3n) is 6.12. The zero-order valence-corrected chi connectivity index (χ0v) is 19.7. The third-order valence-corrected chi connectivity index (χ3v) is 6.12. The lowest BCUT2D eigenvalue weighted by Gasteiger charge is -2.36. The van der Waals surface area contributed by atoms with Gasteiger partial charge in [-0.25, -0.2) is 4.79 Å². The topological polar surface area (TPSA) is 69.7 Å². The molecular formula is C27H33N5O2. The minimum Gasteiger partial charge on any atom is -0.495 e. The van der Waals surface area contributed by atoms with Crippen molar-refractivity contribution in [3.63, 3.8) is 0 Å². The first-order valence-electron chi connectivity index (χ1n) is 11.9. The second-order valence-electron chi connectivity index (χ2n) is 8.41. The van der Waals surface area contributed by atoms with Gasteiger partial charge in [0.25, 0.3) is 0 Å². The molecule has 0 saturated carbocycles. The van der Waals surface area contributed by atoms with Gasteiger partial charge in [0.1, 0.15) is 5.75 Å². The number of ether oxygens (including phenoxy) is 1. The minimum absolute atomic E-state index is 0.167. The zero-order valence-electron chi connectivity index (χ0n) is 19.7. The number of methoxy groups -OCH3 is 1. The molecule has 2 N–H and O–H groups in total. The summed E-state index contributed by atoms with van der Waals surface area (Å²) in [6, 6.07) is 19.8. The molecule has 1 aliphatic heterocycles. The fourth-order valence-corrected chi connectivity index (χ4v) is 4.22. The van der Waals surface area contributed by atoms with E-state index in [1.54, 1.807) is 13.3 Å². The number of carbonyl (C=O) groups is 1. The van der Waals surface area contributed by atoms with Crippen LogP contribution < -0.4 is 20.3 Å². The number of para-hydroxylation sites is 2. The van der Waals surface area contributed by atoms with Crippen molar-refractivity contribution in [2.45, 2.75) is 12.8 Å². The van der Waals surface area contributed by atoms with Crippen LogP contribution in [0.3, 0.4) is 0 Å². The largest absolute Gasteiger partial charge is 0.495 e. The van der Waals surface area contributed by atoms with Gasteiger partial charge in [0.15, 0.2) is 0 Å². The van der Waals surface area contributed by atoms with Crippen molar-refractivity contribution in [2.24, 2.45) is 0 Å². The van der Waals surface area contributed by atoms with E-state index in [0.717, 1.165) is 68.1 Å². The maximum atomic E-state index is 12.2. The molecule has 1 aromatic heterocycles. The van der Waals surface area contributed by atoms with E-state index in [1.807, 2.05) is 54.7 Å². The number of unbranched alkanes of at least 4 members (excludes halogenated alkanes) is 1. The molecule has 0 spiro atoms. The normalized spacial score (nSPS) is 14.0. The Balaban J connectivity index is 1.10. The zero-order chi connectivity index (χ0) is 23.6. The Morgan fingerprint density at radius 1 is 0.941 bits per heavy atom. The number of carbonyl (C=O) groups excluding carboxylic acids is 1. The van der Waals surface area contributed by atoms with Gasteiger partial charge in [-0.05, 0) is 60.8 Å². The lowest BCUT2D eigenvalue weighted by atomic mass is 10.1. The number of piperazine rings is 1. The summed E-state index contributed by atoms with van der Waals surface area (Å²) >= 11 is 0. The molecule has 0 unspecified atom stereocenters. The second-order valence-corrected chi connectivity index (χ2v) is 8.41. The van der Waals surface area contributed by atoms with Crippen LogP contribution >= 0.6 is 0 Å². The number of amides is 2. The summed E-state index contributed by atoms with van der Waals surface area (Å²) in [5, 5.41) is 5.85. The molecule has 2 aromatic carbocycles. The first kappa shape index (κ1) is 23.6. The van der Waals surface area contributed by atoms with Gasteiger partial charge in [-0.15, -0.1) is 0 Å². The molecule has 34 heavy (non-hydrogen) atoms. The Labute approximate surface area is 201 Å². The summed E-state index contributed by atoms with van der Waals surface area (Å²) < 4.78 is 5.50. The highest BCUT2D eigenvalue weighted by Crippen LogP contribution is 2.28. The van der Waals surface area contributed by atoms with Crippen molar-refractivity contribution in [3.8, 4) is 16.9 Å². The van der Waals surface area contributed by atoms with Crippen LogP contribution in [0, 0.1) is 0 Å². The summed E-state index contributed by atoms with van der Waals surface area (Å²) in [5.74, 6) is 0.935. The van der Waals surface area contributed by atoms with Gasteiger partial charge in [0.05, 0.1) is 12.8 Å². The molecule has 7 nitrogen and oxygen atoms in total. The molecule has 4 rings (SSSR count). The Kier molecular flexibility index (Phi) is 8.35. The Morgan fingerprint density at radius 3 is 2.47 bits per heavy atom. The van der Waals surface area contributed by atoms with Crippen LogP contribution in [0.15, 0.2) is 73.1 Å². The van der Waals surface area contributed by atoms with Crippen molar-refractivity contribution in [1.82, 2.24) is 15.2 Å². The van der Waals surface area contributed by atoms with Crippen LogP contribution in [-0.4, -0.2) is 62.3 Å². The van der Waals surface area contributed by atoms with Crippen LogP contribution in [0.25, 0.3) is 11.1 Å². The molecule has 0 atom stereocenters. The summed E-state index contributed by atoms with van der Waals surface area (Å²) in [6.45, 7) is 5.81. The Morgan fingerprint density at radius 2 is 1.74 bits per heavy atom. The molecule has 0 bridgehead atoms. The van der Waals surface area contributed by atoms with Crippen molar-refractivity contribution >= 4 is 17.4 Å². The summed E-state index contributed by atoms with van der Waals surface area (Å²) in [6.07, 6.45) is 5.61. The second kappa shape index (κ2) is 12.0. The molecule has 3 aromatic rings. The minimum atomic E-state index is -0.167. The van der Waals surface area contributed by atoms with Crippen molar-refractivity contribution < 1.29 is 9.53 Å². The van der Waals surface area contributed by atoms with E-state index < -0.39 is 0 Å². The highest BCUT2D eigenvalue weighted by Gasteiger charge is 2.19. The molecule has 178 valence electrons. The Bertz CT molecular complexity index is 1030. The number of anilines is 2. The van der Waals surface area contributed by atoms with Crippen molar-refractivity contribution in [3.05, 3.63) is 73.1 Å². The number of nitrogens with zero attached hydrogens (tertiary/aromatic N) is 3. The first-order chi connectivity index (χ1) is 16.7. The molecule has 2 heterocycles. The van der Waals surface area contributed by atoms with E-state index in [4.69, 9.17) is 4.74 Å². The van der Waals surface area contributed by atoms with Crippen molar-refractivity contribution in [2.75, 3.05) is 56.6 Å². The van der Waals surface area contributed by atoms with E-state index in [1.165, 1.54) is 5.69 Å². The summed E-state index contributed by atoms with van der Waals surface area (Å²) in [7, 11) is 1.73. The van der Waals surface area contributed by atoms with Crippen molar-refractivity contribution in [1.29, 1.82) is 0 Å². The maximum Gasteiger partial charge on any atom is 0.319 e. The predicted octanol–water partition coefficient (Wildman–Crippen LogP) is 4.48. The molecule has 1 aliphatic rings. The van der Waals surface area contributed by atoms with Crippen LogP contribution in [-0.2, 0) is 0 Å². The van der Waals surface area contributed by atoms with Gasteiger partial charge < -0.3 is 20.3 Å². The summed E-state index contributed by atoms with van der Waals surface area (Å²) in [4.78, 5) is 21.2. The standard InChI is InChI=1S/C27H33N5O2/c1-34-26-9-3-2-8-25(26)32-19-17-31(18-20-32)16-5-4-15-29-27(33)30-24-12-10-22(11-13-24)23-7-6-14-28-21-23/h2-3,6-14,21H,4-5,15-20H2,1H3,(H2,29,30,33). The van der Waals surface area contributed by atoms with Gasteiger partial charge in [-0.1, -0.05) is 30.3 Å². The number of rotatable bonds is 9. The average Bonchev–Trinajstić information content (AvgIpc) is 2.90. The predicted molar refractivity (Wildman–Crippen MR) is 138 cm³/mol. The number of hydrogen-bond acceptors (Lipinski definition) is 5. The number of pyridine rings is 1. The smallest absolute Gasteiger partial charge is 0.319 e. The molecule has 0 aliphatic carbocycles. The van der Waals surface area contributed by atoms with Crippen LogP contribution in [0.1, 0.15) is 12.8 Å². The number of aromatic nitrogens is 1. The van der Waals surface area contributed by atoms with E-state index >= 15 is 0 Å². The average molecular weight is 460 g/mol. The number of nitrogens with one attached hydrogen (secondary N) is 2. The lowest BCUT2D eigenvalue weighted by molar-refractivity contribution is 0.246. The monoisotopic (exact) mass is 459 g/mol. The van der Waals surface area contributed by atoms with Gasteiger partial charge in [0.2, 0.25) is 0 Å². The maximum absolute atomic E-state index is 12.2. The molecular weight excluding hydrogens is 426 g/mol. The molecule has 2 amide bonds. The lowest BCUT2D eigenvalue weighted by Crippen LogP contribution is -2.46. The SMILES string of the molecule is COc1ccccc1N1CCN(CCCCNC(=O)Nc2ccc(-c3cccnc3)cc2)CC1. The number of hydrogen-bond donors (Lipinski definition) is 2. The molecule has 1 fully saturated rings. The summed E-state index contributed by atoms with van der Waals surface area (Å²) in [5.41, 5.74) is 4.08. The highest BCUT2D eigenvalue weighted by molar-refractivity contribution is 5.89. The molecule has 0 radical (unpaired) electrons. The van der Waals surface area contributed by atoms with Gasteiger partial charge in [-0.3, -0.25) is 9.88 Å². The van der Waals surface area contributed by atoms with Gasteiger partial charge in [0, 0.05) is 50.8 Å². The van der Waals surface area contributed by atoms with E-state index in [9.17, 15) is 4.79 Å². The van der Waals surface area contributed by atoms with Crippen LogP contribution in [0.2, 0.25) is 0 Å². The Hall–Kier alpha value is -3.58. The first-order valence-corrected chi connectivity index (χ1v) is 11.9. The third kappa shape index (κ3) is 6.48. The number of benzene rings is 2. The van der Waals surface area contributed by atoms with Crippen LogP contribution in [0.5, 0.6) is 5.75 Å². The highest BCUT2D eigenvalue weighted by atomic mass is 16.5. The fraction of sp³-hybridized carbons (Fsp3) is 0.333. The number of urea groups is 1. The fourth-order valence-electron chi connectivity index (χ4n) is 4.22. The van der Waals surface area contributed by atoms with Gasteiger partial charge >= 0.3 is 6.03 Å². The van der Waals surface area contributed by atoms with Crippen LogP contribution in [0.4, 0.5) is 16.2 Å². The quantitative estimate of drug-likeness (QED) is 0.462. The van der Waals surface area contributed by atoms with E-state index in [2.05, 4.69) is 37.6 Å².